The Balaban J connectivity index is 2.78. The van der Waals surface area contributed by atoms with Crippen molar-refractivity contribution in [3.63, 3.8) is 0 Å². The van der Waals surface area contributed by atoms with Crippen LogP contribution in [0.5, 0.6) is 0 Å². The maximum atomic E-state index is 11.2. The van der Waals surface area contributed by atoms with E-state index in [1.165, 1.54) is 12.1 Å². The molecule has 1 aliphatic carbocycles. The number of allylic oxidation sites excluding steroid dienone is 1. The first-order chi connectivity index (χ1) is 7.95. The van der Waals surface area contributed by atoms with Gasteiger partial charge in [0.2, 0.25) is 5.76 Å². The Hall–Kier alpha value is -1.95. The average Bonchev–Trinajstić information content (AvgIpc) is 2.27. The zero-order valence-electron chi connectivity index (χ0n) is 8.48. The molecule has 6 nitrogen and oxygen atoms in total. The highest BCUT2D eigenvalue weighted by Crippen LogP contribution is 2.32. The SMILES string of the molecule is [N-]=[N+]=C1C(O)=C[C@@H](S(=O)(=O)O)c2ccccc21. The lowest BCUT2D eigenvalue weighted by atomic mass is 9.94. The molecule has 0 saturated carbocycles. The Kier molecular flexibility index (Phi) is 2.59. The van der Waals surface area contributed by atoms with Crippen LogP contribution in [-0.4, -0.2) is 28.6 Å². The van der Waals surface area contributed by atoms with E-state index in [9.17, 15) is 13.5 Å². The van der Waals surface area contributed by atoms with Gasteiger partial charge in [0.1, 0.15) is 5.25 Å². The average molecular weight is 252 g/mol. The quantitative estimate of drug-likeness (QED) is 0.442. The molecule has 0 fully saturated rings. The van der Waals surface area contributed by atoms with Gasteiger partial charge in [-0.3, -0.25) is 4.55 Å². The van der Waals surface area contributed by atoms with Crippen LogP contribution in [0.4, 0.5) is 0 Å². The minimum absolute atomic E-state index is 0.125. The summed E-state index contributed by atoms with van der Waals surface area (Å²) in [6.07, 6.45) is 0.923. The van der Waals surface area contributed by atoms with Crippen LogP contribution in [0.2, 0.25) is 0 Å². The van der Waals surface area contributed by atoms with Crippen molar-refractivity contribution in [1.82, 2.24) is 0 Å². The third kappa shape index (κ3) is 1.87. The monoisotopic (exact) mass is 252 g/mol. The molecule has 0 saturated heterocycles. The summed E-state index contributed by atoms with van der Waals surface area (Å²) in [4.78, 5) is 2.91. The number of aliphatic hydroxyl groups is 1. The van der Waals surface area contributed by atoms with E-state index < -0.39 is 21.1 Å². The lowest BCUT2D eigenvalue weighted by molar-refractivity contribution is -0.00667. The normalized spacial score (nSPS) is 19.2. The first-order valence-electron chi connectivity index (χ1n) is 4.64. The summed E-state index contributed by atoms with van der Waals surface area (Å²) in [6, 6.07) is 6.15. The van der Waals surface area contributed by atoms with Gasteiger partial charge in [0.05, 0.1) is 5.56 Å². The van der Waals surface area contributed by atoms with E-state index in [-0.39, 0.29) is 16.8 Å². The maximum Gasteiger partial charge on any atom is 0.363 e. The highest BCUT2D eigenvalue weighted by molar-refractivity contribution is 7.86. The Morgan fingerprint density at radius 2 is 1.94 bits per heavy atom. The molecule has 2 N–H and O–H groups in total. The van der Waals surface area contributed by atoms with Gasteiger partial charge in [0.25, 0.3) is 10.1 Å². The summed E-state index contributed by atoms with van der Waals surface area (Å²) in [5.41, 5.74) is 9.16. The van der Waals surface area contributed by atoms with Crippen molar-refractivity contribution in [2.24, 2.45) is 0 Å². The van der Waals surface area contributed by atoms with Gasteiger partial charge in [-0.15, -0.1) is 0 Å². The van der Waals surface area contributed by atoms with Gasteiger partial charge in [-0.25, -0.2) is 0 Å². The van der Waals surface area contributed by atoms with Crippen molar-refractivity contribution in [3.8, 4) is 0 Å². The van der Waals surface area contributed by atoms with Gasteiger partial charge in [-0.1, -0.05) is 18.2 Å². The summed E-state index contributed by atoms with van der Waals surface area (Å²) >= 11 is 0. The second kappa shape index (κ2) is 3.81. The van der Waals surface area contributed by atoms with E-state index in [0.29, 0.717) is 0 Å². The smallest absolute Gasteiger partial charge is 0.363 e. The van der Waals surface area contributed by atoms with E-state index >= 15 is 0 Å². The molecule has 0 unspecified atom stereocenters. The molecule has 0 heterocycles. The Labute approximate surface area is 97.2 Å². The van der Waals surface area contributed by atoms with Crippen molar-refractivity contribution in [3.05, 3.63) is 52.8 Å². The van der Waals surface area contributed by atoms with Crippen molar-refractivity contribution in [1.29, 1.82) is 0 Å². The van der Waals surface area contributed by atoms with Crippen LogP contribution in [0, 0.1) is 0 Å². The first-order valence-corrected chi connectivity index (χ1v) is 6.14. The predicted molar refractivity (Wildman–Crippen MR) is 59.2 cm³/mol. The topological polar surface area (TPSA) is 111 Å². The van der Waals surface area contributed by atoms with Crippen molar-refractivity contribution < 1.29 is 22.9 Å². The lowest BCUT2D eigenvalue weighted by Gasteiger charge is -2.16. The number of rotatable bonds is 1. The highest BCUT2D eigenvalue weighted by Gasteiger charge is 2.36. The van der Waals surface area contributed by atoms with Gasteiger partial charge >= 0.3 is 5.71 Å². The molecular weight excluding hydrogens is 244 g/mol. The molecule has 17 heavy (non-hydrogen) atoms. The molecule has 0 aromatic heterocycles. The number of fused-ring (bicyclic) bond motifs is 1. The number of nitrogens with zero attached hydrogens (tertiary/aromatic N) is 2. The zero-order valence-corrected chi connectivity index (χ0v) is 9.29. The van der Waals surface area contributed by atoms with Crippen LogP contribution in [-0.2, 0) is 10.1 Å². The summed E-state index contributed by atoms with van der Waals surface area (Å²) in [7, 11) is -4.38. The zero-order chi connectivity index (χ0) is 12.6. The fourth-order valence-corrected chi connectivity index (χ4v) is 2.59. The standard InChI is InChI=1S/C10H8N2O4S/c11-12-10-7-4-2-1-3-6(7)9(5-8(10)13)17(14,15)16/h1-5,9,13H,(H,14,15,16)/t9-/m1/s1. The largest absolute Gasteiger partial charge is 0.502 e. The number of benzene rings is 1. The second-order valence-electron chi connectivity index (χ2n) is 3.52. The highest BCUT2D eigenvalue weighted by atomic mass is 32.2. The molecule has 0 aliphatic heterocycles. The van der Waals surface area contributed by atoms with E-state index in [0.717, 1.165) is 6.08 Å². The van der Waals surface area contributed by atoms with E-state index in [2.05, 4.69) is 4.79 Å². The molecule has 1 aliphatic rings. The minimum atomic E-state index is -4.38. The maximum absolute atomic E-state index is 11.2. The molecule has 1 atom stereocenters. The number of hydrogen-bond acceptors (Lipinski definition) is 3. The first kappa shape index (κ1) is 11.5. The molecule has 88 valence electrons. The molecular formula is C10H8N2O4S. The fourth-order valence-electron chi connectivity index (χ4n) is 1.76. The molecule has 0 spiro atoms. The Bertz CT molecular complexity index is 657. The van der Waals surface area contributed by atoms with E-state index in [4.69, 9.17) is 10.1 Å². The van der Waals surface area contributed by atoms with Crippen LogP contribution in [0.1, 0.15) is 16.4 Å². The molecule has 0 radical (unpaired) electrons. The van der Waals surface area contributed by atoms with Gasteiger partial charge in [-0.2, -0.15) is 13.2 Å². The van der Waals surface area contributed by atoms with Gasteiger partial charge < -0.3 is 10.6 Å². The number of aliphatic hydroxyl groups excluding tert-OH is 1. The van der Waals surface area contributed by atoms with Crippen molar-refractivity contribution >= 4 is 15.8 Å². The summed E-state index contributed by atoms with van der Waals surface area (Å²) in [5.74, 6) is -0.492. The fraction of sp³-hybridized carbons (Fsp3) is 0.100. The molecule has 7 heteroatoms. The minimum Gasteiger partial charge on any atom is -0.502 e. The van der Waals surface area contributed by atoms with Gasteiger partial charge in [0, 0.05) is 0 Å². The number of hydrogen-bond donors (Lipinski definition) is 2. The van der Waals surface area contributed by atoms with Crippen molar-refractivity contribution in [2.75, 3.05) is 0 Å². The van der Waals surface area contributed by atoms with E-state index in [1.807, 2.05) is 0 Å². The van der Waals surface area contributed by atoms with Crippen LogP contribution >= 0.6 is 0 Å². The van der Waals surface area contributed by atoms with Crippen molar-refractivity contribution in [2.45, 2.75) is 5.25 Å². The summed E-state index contributed by atoms with van der Waals surface area (Å²) < 4.78 is 31.5. The lowest BCUT2D eigenvalue weighted by Crippen LogP contribution is -2.22. The van der Waals surface area contributed by atoms with Crippen LogP contribution < -0.4 is 0 Å². The third-order valence-corrected chi connectivity index (χ3v) is 3.53. The summed E-state index contributed by atoms with van der Waals surface area (Å²) in [6.45, 7) is 0. The molecule has 0 amide bonds. The predicted octanol–water partition coefficient (Wildman–Crippen LogP) is 1.09. The third-order valence-electron chi connectivity index (χ3n) is 2.50. The molecule has 2 rings (SSSR count). The summed E-state index contributed by atoms with van der Waals surface area (Å²) in [5, 5.41) is 8.19. The van der Waals surface area contributed by atoms with Crippen LogP contribution in [0.3, 0.4) is 0 Å². The molecule has 1 aromatic rings. The Morgan fingerprint density at radius 3 is 2.53 bits per heavy atom. The Morgan fingerprint density at radius 1 is 1.29 bits per heavy atom. The van der Waals surface area contributed by atoms with Crippen LogP contribution in [0.15, 0.2) is 36.1 Å². The van der Waals surface area contributed by atoms with Crippen LogP contribution in [0.25, 0.3) is 5.53 Å². The second-order valence-corrected chi connectivity index (χ2v) is 5.06. The van der Waals surface area contributed by atoms with Gasteiger partial charge in [0.15, 0.2) is 0 Å². The van der Waals surface area contributed by atoms with E-state index in [1.54, 1.807) is 12.1 Å². The molecule has 1 aromatic carbocycles. The molecule has 0 bridgehead atoms. The van der Waals surface area contributed by atoms with Gasteiger partial charge in [-0.05, 0) is 17.7 Å².